The molecule has 82 valence electrons. The Morgan fingerprint density at radius 1 is 1.38 bits per heavy atom. The van der Waals surface area contributed by atoms with Crippen LogP contribution in [0, 0.1) is 5.82 Å². The number of hydrogen-bond acceptors (Lipinski definition) is 4. The number of aromatic nitrogens is 2. The third-order valence-electron chi connectivity index (χ3n) is 1.97. The van der Waals surface area contributed by atoms with Crippen LogP contribution < -0.4 is 0 Å². The maximum atomic E-state index is 12.7. The molecule has 1 aromatic carbocycles. The summed E-state index contributed by atoms with van der Waals surface area (Å²) in [6.45, 7) is 1.45. The maximum Gasteiger partial charge on any atom is 0.234 e. The number of benzene rings is 1. The van der Waals surface area contributed by atoms with E-state index >= 15 is 0 Å². The first-order valence-electron chi connectivity index (χ1n) is 4.73. The highest BCUT2D eigenvalue weighted by molar-refractivity contribution is 5.77. The van der Waals surface area contributed by atoms with E-state index in [0.29, 0.717) is 11.4 Å². The van der Waals surface area contributed by atoms with E-state index in [9.17, 15) is 9.18 Å². The summed E-state index contributed by atoms with van der Waals surface area (Å²) in [5, 5.41) is 3.71. The minimum Gasteiger partial charge on any atom is -0.339 e. The summed E-state index contributed by atoms with van der Waals surface area (Å²) < 4.78 is 17.6. The number of rotatable bonds is 3. The van der Waals surface area contributed by atoms with E-state index in [1.807, 2.05) is 0 Å². The molecule has 0 unspecified atom stereocenters. The number of ketones is 1. The molecule has 0 amide bonds. The summed E-state index contributed by atoms with van der Waals surface area (Å²) in [7, 11) is 0. The molecule has 0 aliphatic heterocycles. The summed E-state index contributed by atoms with van der Waals surface area (Å²) in [6.07, 6.45) is 0.119. The van der Waals surface area contributed by atoms with Crippen LogP contribution in [0.1, 0.15) is 12.8 Å². The molecule has 0 atom stereocenters. The Morgan fingerprint density at radius 3 is 2.69 bits per heavy atom. The van der Waals surface area contributed by atoms with Crippen molar-refractivity contribution in [1.29, 1.82) is 0 Å². The Kier molecular flexibility index (Phi) is 2.76. The van der Waals surface area contributed by atoms with Gasteiger partial charge in [0.15, 0.2) is 0 Å². The summed E-state index contributed by atoms with van der Waals surface area (Å²) in [4.78, 5) is 14.9. The molecule has 5 heteroatoms. The fraction of sp³-hybridized carbons (Fsp3) is 0.182. The van der Waals surface area contributed by atoms with Crippen molar-refractivity contribution in [1.82, 2.24) is 10.1 Å². The van der Waals surface area contributed by atoms with Gasteiger partial charge < -0.3 is 4.52 Å². The normalized spacial score (nSPS) is 10.4. The van der Waals surface area contributed by atoms with Crippen molar-refractivity contribution in [3.05, 3.63) is 36.0 Å². The Balaban J connectivity index is 2.24. The van der Waals surface area contributed by atoms with Gasteiger partial charge in [0.2, 0.25) is 11.7 Å². The molecule has 0 aliphatic rings. The minimum absolute atomic E-state index is 0.0469. The van der Waals surface area contributed by atoms with Gasteiger partial charge in [0.1, 0.15) is 11.6 Å². The lowest BCUT2D eigenvalue weighted by molar-refractivity contribution is -0.116. The Hall–Kier alpha value is -2.04. The summed E-state index contributed by atoms with van der Waals surface area (Å²) in [5.41, 5.74) is 0.653. The van der Waals surface area contributed by atoms with Crippen LogP contribution in [0.25, 0.3) is 11.4 Å². The minimum atomic E-state index is -0.323. The SMILES string of the molecule is CC(=O)Cc1nc(-c2ccc(F)cc2)no1. The third-order valence-corrected chi connectivity index (χ3v) is 1.97. The Labute approximate surface area is 91.1 Å². The lowest BCUT2D eigenvalue weighted by atomic mass is 10.2. The van der Waals surface area contributed by atoms with E-state index in [2.05, 4.69) is 10.1 Å². The molecule has 0 saturated heterocycles. The van der Waals surface area contributed by atoms with E-state index < -0.39 is 0 Å². The van der Waals surface area contributed by atoms with Crippen LogP contribution in [0.4, 0.5) is 4.39 Å². The molecule has 0 fully saturated rings. The predicted molar refractivity (Wildman–Crippen MR) is 54.1 cm³/mol. The van der Waals surface area contributed by atoms with Crippen molar-refractivity contribution in [2.24, 2.45) is 0 Å². The molecular weight excluding hydrogens is 211 g/mol. The van der Waals surface area contributed by atoms with E-state index in [1.54, 1.807) is 12.1 Å². The first-order valence-corrected chi connectivity index (χ1v) is 4.73. The molecule has 4 nitrogen and oxygen atoms in total. The monoisotopic (exact) mass is 220 g/mol. The molecule has 0 saturated carbocycles. The van der Waals surface area contributed by atoms with Crippen LogP contribution >= 0.6 is 0 Å². The van der Waals surface area contributed by atoms with Crippen molar-refractivity contribution in [3.63, 3.8) is 0 Å². The zero-order chi connectivity index (χ0) is 11.5. The second-order valence-electron chi connectivity index (χ2n) is 3.40. The van der Waals surface area contributed by atoms with Crippen molar-refractivity contribution in [2.75, 3.05) is 0 Å². The standard InChI is InChI=1S/C11H9FN2O2/c1-7(15)6-10-13-11(14-16-10)8-2-4-9(12)5-3-8/h2-5H,6H2,1H3. The van der Waals surface area contributed by atoms with Gasteiger partial charge in [0, 0.05) is 5.56 Å². The zero-order valence-corrected chi connectivity index (χ0v) is 8.61. The quantitative estimate of drug-likeness (QED) is 0.793. The summed E-state index contributed by atoms with van der Waals surface area (Å²) in [5.74, 6) is 0.258. The van der Waals surface area contributed by atoms with Crippen LogP contribution in [-0.4, -0.2) is 15.9 Å². The molecule has 0 N–H and O–H groups in total. The zero-order valence-electron chi connectivity index (χ0n) is 8.61. The molecule has 16 heavy (non-hydrogen) atoms. The first-order chi connectivity index (χ1) is 7.65. The fourth-order valence-electron chi connectivity index (χ4n) is 1.26. The van der Waals surface area contributed by atoms with Gasteiger partial charge in [-0.25, -0.2) is 4.39 Å². The molecule has 0 bridgehead atoms. The van der Waals surface area contributed by atoms with Crippen LogP contribution in [-0.2, 0) is 11.2 Å². The molecule has 1 aromatic heterocycles. The number of carbonyl (C=O) groups is 1. The topological polar surface area (TPSA) is 56.0 Å². The molecule has 2 aromatic rings. The molecule has 0 radical (unpaired) electrons. The first kappa shape index (κ1) is 10.5. The molecule has 1 heterocycles. The average Bonchev–Trinajstić information content (AvgIpc) is 2.66. The maximum absolute atomic E-state index is 12.7. The number of nitrogens with zero attached hydrogens (tertiary/aromatic N) is 2. The van der Waals surface area contributed by atoms with E-state index in [4.69, 9.17) is 4.52 Å². The highest BCUT2D eigenvalue weighted by Crippen LogP contribution is 2.16. The van der Waals surface area contributed by atoms with Crippen molar-refractivity contribution >= 4 is 5.78 Å². The van der Waals surface area contributed by atoms with Crippen LogP contribution in [0.15, 0.2) is 28.8 Å². The van der Waals surface area contributed by atoms with E-state index in [-0.39, 0.29) is 23.9 Å². The van der Waals surface area contributed by atoms with Crippen LogP contribution in [0.5, 0.6) is 0 Å². The number of hydrogen-bond donors (Lipinski definition) is 0. The van der Waals surface area contributed by atoms with Gasteiger partial charge in [0.05, 0.1) is 6.42 Å². The van der Waals surface area contributed by atoms with Gasteiger partial charge in [-0.3, -0.25) is 4.79 Å². The van der Waals surface area contributed by atoms with Gasteiger partial charge in [-0.15, -0.1) is 0 Å². The fourth-order valence-corrected chi connectivity index (χ4v) is 1.26. The summed E-state index contributed by atoms with van der Waals surface area (Å²) >= 11 is 0. The number of carbonyl (C=O) groups excluding carboxylic acids is 1. The molecular formula is C11H9FN2O2. The van der Waals surface area contributed by atoms with Crippen molar-refractivity contribution in [2.45, 2.75) is 13.3 Å². The van der Waals surface area contributed by atoms with Gasteiger partial charge in [-0.1, -0.05) is 5.16 Å². The lowest BCUT2D eigenvalue weighted by Crippen LogP contribution is -1.95. The van der Waals surface area contributed by atoms with Gasteiger partial charge in [0.25, 0.3) is 0 Å². The number of Topliss-reactive ketones (excluding diaryl/α,β-unsaturated/α-hetero) is 1. The van der Waals surface area contributed by atoms with Crippen molar-refractivity contribution < 1.29 is 13.7 Å². The summed E-state index contributed by atoms with van der Waals surface area (Å²) in [6, 6.07) is 5.74. The Morgan fingerprint density at radius 2 is 2.06 bits per heavy atom. The second kappa shape index (κ2) is 4.22. The van der Waals surface area contributed by atoms with E-state index in [1.165, 1.54) is 19.1 Å². The van der Waals surface area contributed by atoms with Gasteiger partial charge >= 0.3 is 0 Å². The molecule has 0 aliphatic carbocycles. The smallest absolute Gasteiger partial charge is 0.234 e. The largest absolute Gasteiger partial charge is 0.339 e. The van der Waals surface area contributed by atoms with E-state index in [0.717, 1.165) is 0 Å². The van der Waals surface area contributed by atoms with Gasteiger partial charge in [-0.2, -0.15) is 4.98 Å². The average molecular weight is 220 g/mol. The lowest BCUT2D eigenvalue weighted by Gasteiger charge is -1.92. The van der Waals surface area contributed by atoms with Crippen LogP contribution in [0.3, 0.4) is 0 Å². The molecule has 0 spiro atoms. The highest BCUT2D eigenvalue weighted by Gasteiger charge is 2.09. The second-order valence-corrected chi connectivity index (χ2v) is 3.40. The molecule has 2 rings (SSSR count). The van der Waals surface area contributed by atoms with Gasteiger partial charge in [-0.05, 0) is 31.2 Å². The predicted octanol–water partition coefficient (Wildman–Crippen LogP) is 2.01. The highest BCUT2D eigenvalue weighted by atomic mass is 19.1. The van der Waals surface area contributed by atoms with Crippen molar-refractivity contribution in [3.8, 4) is 11.4 Å². The Bertz CT molecular complexity index is 505. The number of halogens is 1. The third kappa shape index (κ3) is 2.31. The van der Waals surface area contributed by atoms with Crippen LogP contribution in [0.2, 0.25) is 0 Å².